The van der Waals surface area contributed by atoms with Crippen LogP contribution in [0.2, 0.25) is 5.02 Å². The lowest BCUT2D eigenvalue weighted by Gasteiger charge is -2.05. The van der Waals surface area contributed by atoms with Crippen LogP contribution < -0.4 is 5.32 Å². The number of benzene rings is 3. The van der Waals surface area contributed by atoms with E-state index in [1.807, 2.05) is 60.7 Å². The Labute approximate surface area is 178 Å². The predicted molar refractivity (Wildman–Crippen MR) is 116 cm³/mol. The number of hydrogen-bond donors (Lipinski definition) is 1. The van der Waals surface area contributed by atoms with Crippen LogP contribution in [0.1, 0.15) is 12.3 Å². The molecule has 1 amide bonds. The number of nitrogens with one attached hydrogen (secondary N) is 1. The lowest BCUT2D eigenvalue weighted by molar-refractivity contribution is -0.116. The standard InChI is InChI=1S/C24H18ClFN2O2/c25-18-11-12-20(19(26)15-18)27-21(29)13-14-22-28-23(16-7-3-1-4-8-16)24(30-22)17-9-5-2-6-10-17/h1-12,15H,13-14H2,(H,27,29). The van der Waals surface area contributed by atoms with Crippen molar-refractivity contribution in [2.24, 2.45) is 0 Å². The summed E-state index contributed by atoms with van der Waals surface area (Å²) in [6, 6.07) is 23.5. The van der Waals surface area contributed by atoms with E-state index in [0.717, 1.165) is 22.9 Å². The summed E-state index contributed by atoms with van der Waals surface area (Å²) >= 11 is 5.74. The zero-order valence-corrected chi connectivity index (χ0v) is 16.7. The summed E-state index contributed by atoms with van der Waals surface area (Å²) in [5, 5.41) is 2.82. The maximum absolute atomic E-state index is 13.9. The Balaban J connectivity index is 1.53. The fourth-order valence-corrected chi connectivity index (χ4v) is 3.23. The van der Waals surface area contributed by atoms with E-state index < -0.39 is 5.82 Å². The van der Waals surface area contributed by atoms with E-state index in [9.17, 15) is 9.18 Å². The minimum Gasteiger partial charge on any atom is -0.440 e. The Hall–Kier alpha value is -3.44. The lowest BCUT2D eigenvalue weighted by atomic mass is 10.1. The first-order valence-corrected chi connectivity index (χ1v) is 9.83. The van der Waals surface area contributed by atoms with Crippen LogP contribution in [-0.2, 0) is 11.2 Å². The van der Waals surface area contributed by atoms with Crippen LogP contribution in [0.25, 0.3) is 22.6 Å². The molecule has 3 aromatic carbocycles. The monoisotopic (exact) mass is 420 g/mol. The van der Waals surface area contributed by atoms with Gasteiger partial charge in [-0.3, -0.25) is 4.79 Å². The smallest absolute Gasteiger partial charge is 0.224 e. The van der Waals surface area contributed by atoms with Crippen LogP contribution in [0, 0.1) is 5.82 Å². The van der Waals surface area contributed by atoms with Gasteiger partial charge in [-0.25, -0.2) is 9.37 Å². The molecule has 0 aliphatic carbocycles. The van der Waals surface area contributed by atoms with Crippen LogP contribution in [0.15, 0.2) is 83.3 Å². The third-order valence-electron chi connectivity index (χ3n) is 4.53. The third-order valence-corrected chi connectivity index (χ3v) is 4.76. The molecule has 4 nitrogen and oxygen atoms in total. The van der Waals surface area contributed by atoms with E-state index in [2.05, 4.69) is 10.3 Å². The molecule has 6 heteroatoms. The number of carbonyl (C=O) groups is 1. The first-order valence-electron chi connectivity index (χ1n) is 9.45. The number of anilines is 1. The van der Waals surface area contributed by atoms with Crippen molar-refractivity contribution in [3.63, 3.8) is 0 Å². The van der Waals surface area contributed by atoms with Gasteiger partial charge in [0.25, 0.3) is 0 Å². The van der Waals surface area contributed by atoms with Gasteiger partial charge in [-0.1, -0.05) is 72.3 Å². The highest BCUT2D eigenvalue weighted by atomic mass is 35.5. The van der Waals surface area contributed by atoms with Crippen molar-refractivity contribution < 1.29 is 13.6 Å². The summed E-state index contributed by atoms with van der Waals surface area (Å²) in [7, 11) is 0. The fraction of sp³-hybridized carbons (Fsp3) is 0.0833. The lowest BCUT2D eigenvalue weighted by Crippen LogP contribution is -2.13. The second-order valence-corrected chi connectivity index (χ2v) is 7.13. The van der Waals surface area contributed by atoms with Crippen LogP contribution >= 0.6 is 11.6 Å². The van der Waals surface area contributed by atoms with Crippen LogP contribution in [0.5, 0.6) is 0 Å². The van der Waals surface area contributed by atoms with Crippen molar-refractivity contribution in [1.29, 1.82) is 0 Å². The Morgan fingerprint density at radius 2 is 1.63 bits per heavy atom. The van der Waals surface area contributed by atoms with E-state index in [0.29, 0.717) is 11.7 Å². The highest BCUT2D eigenvalue weighted by Crippen LogP contribution is 2.32. The molecule has 4 rings (SSSR count). The summed E-state index contributed by atoms with van der Waals surface area (Å²) in [4.78, 5) is 16.9. The number of amides is 1. The quantitative estimate of drug-likeness (QED) is 0.394. The topological polar surface area (TPSA) is 55.1 Å². The minimum atomic E-state index is -0.579. The number of aryl methyl sites for hydroxylation is 1. The van der Waals surface area contributed by atoms with Gasteiger partial charge in [-0.15, -0.1) is 0 Å². The molecule has 0 fully saturated rings. The van der Waals surface area contributed by atoms with Crippen LogP contribution in [-0.4, -0.2) is 10.9 Å². The zero-order valence-electron chi connectivity index (χ0n) is 15.9. The molecule has 0 atom stereocenters. The van der Waals surface area contributed by atoms with Gasteiger partial charge in [0.2, 0.25) is 5.91 Å². The van der Waals surface area contributed by atoms with Crippen molar-refractivity contribution >= 4 is 23.2 Å². The molecule has 0 unspecified atom stereocenters. The Kier molecular flexibility index (Phi) is 5.91. The zero-order chi connectivity index (χ0) is 20.9. The molecule has 0 spiro atoms. The van der Waals surface area contributed by atoms with Crippen molar-refractivity contribution in [3.05, 3.63) is 95.6 Å². The van der Waals surface area contributed by atoms with Gasteiger partial charge < -0.3 is 9.73 Å². The summed E-state index contributed by atoms with van der Waals surface area (Å²) in [6.45, 7) is 0. The molecule has 0 saturated heterocycles. The van der Waals surface area contributed by atoms with E-state index in [1.54, 1.807) is 0 Å². The van der Waals surface area contributed by atoms with Crippen molar-refractivity contribution in [1.82, 2.24) is 4.98 Å². The van der Waals surface area contributed by atoms with Crippen LogP contribution in [0.3, 0.4) is 0 Å². The molecule has 1 heterocycles. The molecule has 4 aromatic rings. The molecular formula is C24H18ClFN2O2. The maximum Gasteiger partial charge on any atom is 0.224 e. The summed E-state index contributed by atoms with van der Waals surface area (Å²) < 4.78 is 19.9. The maximum atomic E-state index is 13.9. The number of carbonyl (C=O) groups excluding carboxylic acids is 1. The molecular weight excluding hydrogens is 403 g/mol. The Morgan fingerprint density at radius 3 is 2.30 bits per heavy atom. The van der Waals surface area contributed by atoms with Crippen LogP contribution in [0.4, 0.5) is 10.1 Å². The molecule has 30 heavy (non-hydrogen) atoms. The van der Waals surface area contributed by atoms with Gasteiger partial charge in [0, 0.05) is 29.0 Å². The molecule has 0 saturated carbocycles. The fourth-order valence-electron chi connectivity index (χ4n) is 3.07. The highest BCUT2D eigenvalue weighted by molar-refractivity contribution is 6.30. The Bertz CT molecular complexity index is 1100. The van der Waals surface area contributed by atoms with E-state index in [-0.39, 0.29) is 29.5 Å². The summed E-state index contributed by atoms with van der Waals surface area (Å²) in [5.41, 5.74) is 2.65. The van der Waals surface area contributed by atoms with E-state index >= 15 is 0 Å². The second-order valence-electron chi connectivity index (χ2n) is 6.69. The molecule has 0 aliphatic rings. The molecule has 0 radical (unpaired) electrons. The Morgan fingerprint density at radius 1 is 0.967 bits per heavy atom. The van der Waals surface area contributed by atoms with Crippen molar-refractivity contribution in [2.45, 2.75) is 12.8 Å². The highest BCUT2D eigenvalue weighted by Gasteiger charge is 2.17. The number of hydrogen-bond acceptors (Lipinski definition) is 3. The summed E-state index contributed by atoms with van der Waals surface area (Å²) in [5.74, 6) is 0.182. The number of aromatic nitrogens is 1. The van der Waals surface area contributed by atoms with E-state index in [4.69, 9.17) is 16.0 Å². The van der Waals surface area contributed by atoms with Gasteiger partial charge >= 0.3 is 0 Å². The normalized spacial score (nSPS) is 10.7. The number of halogens is 2. The molecule has 150 valence electrons. The number of nitrogens with zero attached hydrogens (tertiary/aromatic N) is 1. The van der Waals surface area contributed by atoms with Gasteiger partial charge in [-0.05, 0) is 18.2 Å². The largest absolute Gasteiger partial charge is 0.440 e. The third kappa shape index (κ3) is 4.58. The summed E-state index contributed by atoms with van der Waals surface area (Å²) in [6.07, 6.45) is 0.388. The first kappa shape index (κ1) is 19.9. The molecule has 1 aromatic heterocycles. The van der Waals surface area contributed by atoms with Gasteiger partial charge in [0.1, 0.15) is 11.5 Å². The minimum absolute atomic E-state index is 0.0896. The second kappa shape index (κ2) is 8.93. The first-order chi connectivity index (χ1) is 14.6. The predicted octanol–water partition coefficient (Wildman–Crippen LogP) is 6.37. The van der Waals surface area contributed by atoms with E-state index in [1.165, 1.54) is 12.1 Å². The number of oxazole rings is 1. The molecule has 0 bridgehead atoms. The van der Waals surface area contributed by atoms with Gasteiger partial charge in [0.15, 0.2) is 11.7 Å². The molecule has 1 N–H and O–H groups in total. The van der Waals surface area contributed by atoms with Crippen molar-refractivity contribution in [3.8, 4) is 22.6 Å². The van der Waals surface area contributed by atoms with Crippen molar-refractivity contribution in [2.75, 3.05) is 5.32 Å². The average Bonchev–Trinajstić information content (AvgIpc) is 3.20. The number of rotatable bonds is 6. The molecule has 0 aliphatic heterocycles. The van der Waals surface area contributed by atoms with Gasteiger partial charge in [0.05, 0.1) is 5.69 Å². The SMILES string of the molecule is O=C(CCc1nc(-c2ccccc2)c(-c2ccccc2)o1)Nc1ccc(Cl)cc1F. The van der Waals surface area contributed by atoms with Gasteiger partial charge in [-0.2, -0.15) is 0 Å². The average molecular weight is 421 g/mol.